The van der Waals surface area contributed by atoms with E-state index in [2.05, 4.69) is 16.7 Å². The van der Waals surface area contributed by atoms with Crippen molar-refractivity contribution in [2.75, 3.05) is 0 Å². The first-order valence-electron chi connectivity index (χ1n) is 6.47. The quantitative estimate of drug-likeness (QED) is 0.848. The van der Waals surface area contributed by atoms with Crippen LogP contribution in [0.4, 0.5) is 0 Å². The van der Waals surface area contributed by atoms with Crippen LogP contribution < -0.4 is 10.6 Å². The molecule has 1 aromatic carbocycles. The van der Waals surface area contributed by atoms with E-state index in [1.165, 1.54) is 0 Å². The van der Waals surface area contributed by atoms with Crippen molar-refractivity contribution in [3.8, 4) is 6.07 Å². The summed E-state index contributed by atoms with van der Waals surface area (Å²) in [6, 6.07) is 7.60. The minimum absolute atomic E-state index is 0.00120. The largest absolute Gasteiger partial charge is 0.353 e. The molecule has 102 valence electrons. The summed E-state index contributed by atoms with van der Waals surface area (Å²) in [7, 11) is 0. The van der Waals surface area contributed by atoms with Crippen molar-refractivity contribution >= 4 is 5.91 Å². The second kappa shape index (κ2) is 6.91. The van der Waals surface area contributed by atoms with Gasteiger partial charge >= 0.3 is 0 Å². The number of nitrogens with one attached hydrogen (secondary N) is 2. The molecule has 0 aliphatic rings. The zero-order valence-electron chi connectivity index (χ0n) is 11.9. The summed E-state index contributed by atoms with van der Waals surface area (Å²) in [5.41, 5.74) is 2.82. The third-order valence-corrected chi connectivity index (χ3v) is 2.89. The predicted octanol–water partition coefficient (Wildman–Crippen LogP) is 1.87. The first-order chi connectivity index (χ1) is 8.93. The number of amides is 1. The van der Waals surface area contributed by atoms with E-state index in [-0.39, 0.29) is 18.0 Å². The molecule has 0 bridgehead atoms. The van der Waals surface area contributed by atoms with Gasteiger partial charge in [-0.15, -0.1) is 0 Å². The van der Waals surface area contributed by atoms with Crippen LogP contribution in [-0.4, -0.2) is 18.0 Å². The molecule has 2 N–H and O–H groups in total. The number of aryl methyl sites for hydroxylation is 1. The summed E-state index contributed by atoms with van der Waals surface area (Å²) in [6.07, 6.45) is 0. The van der Waals surface area contributed by atoms with Gasteiger partial charge in [0.2, 0.25) is 5.91 Å². The van der Waals surface area contributed by atoms with Gasteiger partial charge in [0.25, 0.3) is 0 Å². The second-order valence-electron chi connectivity index (χ2n) is 5.02. The van der Waals surface area contributed by atoms with Gasteiger partial charge in [0.05, 0.1) is 17.7 Å². The van der Waals surface area contributed by atoms with Crippen LogP contribution in [0.15, 0.2) is 18.2 Å². The Kier molecular flexibility index (Phi) is 5.53. The summed E-state index contributed by atoms with van der Waals surface area (Å²) >= 11 is 0. The molecule has 0 heterocycles. The minimum Gasteiger partial charge on any atom is -0.353 e. The summed E-state index contributed by atoms with van der Waals surface area (Å²) in [4.78, 5) is 11.7. The van der Waals surface area contributed by atoms with E-state index in [4.69, 9.17) is 5.26 Å². The molecule has 1 amide bonds. The van der Waals surface area contributed by atoms with Gasteiger partial charge in [-0.25, -0.2) is 0 Å². The van der Waals surface area contributed by atoms with Crippen molar-refractivity contribution in [1.82, 2.24) is 10.6 Å². The first-order valence-corrected chi connectivity index (χ1v) is 6.47. The summed E-state index contributed by atoms with van der Waals surface area (Å²) < 4.78 is 0. The molecule has 0 spiro atoms. The van der Waals surface area contributed by atoms with Crippen LogP contribution in [0.1, 0.15) is 37.5 Å². The van der Waals surface area contributed by atoms with Crippen LogP contribution in [0, 0.1) is 18.3 Å². The van der Waals surface area contributed by atoms with Gasteiger partial charge in [-0.3, -0.25) is 4.79 Å². The molecule has 1 unspecified atom stereocenters. The fourth-order valence-corrected chi connectivity index (χ4v) is 1.73. The Bertz CT molecular complexity index is 489. The number of rotatable bonds is 5. The number of benzene rings is 1. The highest BCUT2D eigenvalue weighted by Crippen LogP contribution is 2.10. The van der Waals surface area contributed by atoms with Crippen molar-refractivity contribution in [3.63, 3.8) is 0 Å². The zero-order chi connectivity index (χ0) is 14.4. The third kappa shape index (κ3) is 4.72. The molecule has 0 saturated carbocycles. The van der Waals surface area contributed by atoms with Crippen LogP contribution in [0.3, 0.4) is 0 Å². The van der Waals surface area contributed by atoms with E-state index in [9.17, 15) is 4.79 Å². The highest BCUT2D eigenvalue weighted by Gasteiger charge is 2.13. The minimum atomic E-state index is -0.238. The smallest absolute Gasteiger partial charge is 0.237 e. The molecule has 0 fully saturated rings. The highest BCUT2D eigenvalue weighted by molar-refractivity contribution is 5.81. The van der Waals surface area contributed by atoms with Gasteiger partial charge in [0.1, 0.15) is 0 Å². The SMILES string of the molecule is Cc1cc(C#N)ccc1CNC(C)C(=O)NC(C)C. The van der Waals surface area contributed by atoms with Crippen molar-refractivity contribution in [2.24, 2.45) is 0 Å². The first kappa shape index (κ1) is 15.2. The number of carbonyl (C=O) groups excluding carboxylic acids is 1. The topological polar surface area (TPSA) is 64.9 Å². The standard InChI is InChI=1S/C15H21N3O/c1-10(2)18-15(19)12(4)17-9-14-6-5-13(8-16)7-11(14)3/h5-7,10,12,17H,9H2,1-4H3,(H,18,19). The molecule has 19 heavy (non-hydrogen) atoms. The Hall–Kier alpha value is -1.86. The lowest BCUT2D eigenvalue weighted by molar-refractivity contribution is -0.123. The molecule has 0 radical (unpaired) electrons. The third-order valence-electron chi connectivity index (χ3n) is 2.89. The van der Waals surface area contributed by atoms with Crippen LogP contribution >= 0.6 is 0 Å². The molecule has 0 aliphatic heterocycles. The zero-order valence-corrected chi connectivity index (χ0v) is 11.9. The molecule has 4 heteroatoms. The average Bonchev–Trinajstić information content (AvgIpc) is 2.35. The molecule has 4 nitrogen and oxygen atoms in total. The maximum Gasteiger partial charge on any atom is 0.237 e. The molecule has 0 aromatic heterocycles. The summed E-state index contributed by atoms with van der Waals surface area (Å²) in [5.74, 6) is 0.00120. The monoisotopic (exact) mass is 259 g/mol. The number of nitriles is 1. The van der Waals surface area contributed by atoms with E-state index < -0.39 is 0 Å². The fourth-order valence-electron chi connectivity index (χ4n) is 1.73. The fraction of sp³-hybridized carbons (Fsp3) is 0.467. The molecule has 1 aromatic rings. The summed E-state index contributed by atoms with van der Waals surface area (Å²) in [5, 5.41) is 14.9. The van der Waals surface area contributed by atoms with Crippen LogP contribution in [0.5, 0.6) is 0 Å². The second-order valence-corrected chi connectivity index (χ2v) is 5.02. The van der Waals surface area contributed by atoms with E-state index >= 15 is 0 Å². The van der Waals surface area contributed by atoms with Crippen molar-refractivity contribution < 1.29 is 4.79 Å². The predicted molar refractivity (Wildman–Crippen MR) is 75.5 cm³/mol. The van der Waals surface area contributed by atoms with Gasteiger partial charge < -0.3 is 10.6 Å². The molecular weight excluding hydrogens is 238 g/mol. The number of hydrogen-bond acceptors (Lipinski definition) is 3. The molecule has 1 atom stereocenters. The lowest BCUT2D eigenvalue weighted by Gasteiger charge is -2.16. The van der Waals surface area contributed by atoms with Gasteiger partial charge in [-0.1, -0.05) is 6.07 Å². The van der Waals surface area contributed by atoms with Crippen LogP contribution in [0.25, 0.3) is 0 Å². The average molecular weight is 259 g/mol. The van der Waals surface area contributed by atoms with Crippen molar-refractivity contribution in [2.45, 2.75) is 46.3 Å². The summed E-state index contributed by atoms with van der Waals surface area (Å²) in [6.45, 7) is 8.31. The molecule has 0 aliphatic carbocycles. The number of hydrogen-bond donors (Lipinski definition) is 2. The Morgan fingerprint density at radius 2 is 2.05 bits per heavy atom. The maximum atomic E-state index is 11.7. The van der Waals surface area contributed by atoms with E-state index in [0.717, 1.165) is 11.1 Å². The van der Waals surface area contributed by atoms with Gasteiger partial charge in [-0.05, 0) is 51.0 Å². The van der Waals surface area contributed by atoms with Gasteiger partial charge in [0.15, 0.2) is 0 Å². The molecule has 0 saturated heterocycles. The van der Waals surface area contributed by atoms with E-state index in [1.54, 1.807) is 6.07 Å². The van der Waals surface area contributed by atoms with Crippen molar-refractivity contribution in [1.29, 1.82) is 5.26 Å². The Labute approximate surface area is 114 Å². The molecular formula is C15H21N3O. The van der Waals surface area contributed by atoms with Crippen molar-refractivity contribution in [3.05, 3.63) is 34.9 Å². The lowest BCUT2D eigenvalue weighted by atomic mass is 10.1. The highest BCUT2D eigenvalue weighted by atomic mass is 16.2. The Morgan fingerprint density at radius 1 is 1.37 bits per heavy atom. The van der Waals surface area contributed by atoms with Crippen LogP contribution in [-0.2, 0) is 11.3 Å². The Morgan fingerprint density at radius 3 is 2.58 bits per heavy atom. The van der Waals surface area contributed by atoms with E-state index in [0.29, 0.717) is 12.1 Å². The Balaban J connectivity index is 2.57. The number of carbonyl (C=O) groups is 1. The van der Waals surface area contributed by atoms with Gasteiger partial charge in [-0.2, -0.15) is 5.26 Å². The normalized spacial score (nSPS) is 12.0. The van der Waals surface area contributed by atoms with Crippen LogP contribution in [0.2, 0.25) is 0 Å². The number of nitrogens with zero attached hydrogens (tertiary/aromatic N) is 1. The maximum absolute atomic E-state index is 11.7. The van der Waals surface area contributed by atoms with E-state index in [1.807, 2.05) is 39.8 Å². The molecule has 1 rings (SSSR count). The lowest BCUT2D eigenvalue weighted by Crippen LogP contribution is -2.44. The van der Waals surface area contributed by atoms with Gasteiger partial charge in [0, 0.05) is 12.6 Å².